The average molecular weight is 213 g/mol. The Kier molecular flexibility index (Phi) is 3.39. The van der Waals surface area contributed by atoms with Crippen LogP contribution in [0.1, 0.15) is 17.8 Å². The minimum atomic E-state index is -4.52. The van der Waals surface area contributed by atoms with Crippen LogP contribution in [-0.4, -0.2) is 9.97 Å². The summed E-state index contributed by atoms with van der Waals surface area (Å²) >= 11 is 0. The fraction of sp³-hybridized carbons (Fsp3) is 0.222. The van der Waals surface area contributed by atoms with Gasteiger partial charge in [-0.25, -0.2) is 9.97 Å². The molecule has 0 aliphatic carbocycles. The lowest BCUT2D eigenvalue weighted by Gasteiger charge is -2.03. The quantitative estimate of drug-likeness (QED) is 0.757. The molecule has 0 amide bonds. The van der Waals surface area contributed by atoms with E-state index in [-0.39, 0.29) is 6.42 Å². The van der Waals surface area contributed by atoms with E-state index in [0.29, 0.717) is 5.56 Å². The van der Waals surface area contributed by atoms with E-state index < -0.39 is 12.0 Å². The van der Waals surface area contributed by atoms with Gasteiger partial charge in [0.2, 0.25) is 5.82 Å². The molecule has 0 radical (unpaired) electrons. The van der Waals surface area contributed by atoms with Crippen LogP contribution in [0.2, 0.25) is 0 Å². The Hall–Kier alpha value is -1.90. The van der Waals surface area contributed by atoms with Crippen LogP contribution in [0.5, 0.6) is 0 Å². The molecule has 0 N–H and O–H groups in total. The standard InChI is InChI=1S/C9H6F3N3/c10-9(11,12)8-14-5-7(6-15-8)3-1-2-4-13/h1,3,5-6H,2H2. The summed E-state index contributed by atoms with van der Waals surface area (Å²) in [7, 11) is 0. The molecule has 0 atom stereocenters. The Balaban J connectivity index is 2.78. The van der Waals surface area contributed by atoms with Gasteiger partial charge in [0, 0.05) is 18.0 Å². The van der Waals surface area contributed by atoms with E-state index >= 15 is 0 Å². The van der Waals surface area contributed by atoms with Gasteiger partial charge in [-0.1, -0.05) is 12.2 Å². The molecule has 15 heavy (non-hydrogen) atoms. The highest BCUT2D eigenvalue weighted by atomic mass is 19.4. The molecule has 0 spiro atoms. The summed E-state index contributed by atoms with van der Waals surface area (Å²) in [6.45, 7) is 0. The van der Waals surface area contributed by atoms with Crippen molar-refractivity contribution in [3.05, 3.63) is 29.9 Å². The van der Waals surface area contributed by atoms with Crippen LogP contribution in [0.3, 0.4) is 0 Å². The molecular weight excluding hydrogens is 207 g/mol. The summed E-state index contributed by atoms with van der Waals surface area (Å²) in [4.78, 5) is 6.32. The first-order valence-corrected chi connectivity index (χ1v) is 3.97. The van der Waals surface area contributed by atoms with Crippen molar-refractivity contribution in [3.8, 4) is 6.07 Å². The number of nitriles is 1. The molecule has 3 nitrogen and oxygen atoms in total. The maximum absolute atomic E-state index is 12.0. The first kappa shape index (κ1) is 11.2. The van der Waals surface area contributed by atoms with E-state index in [0.717, 1.165) is 12.4 Å². The molecule has 0 fully saturated rings. The molecule has 1 rings (SSSR count). The van der Waals surface area contributed by atoms with Gasteiger partial charge in [0.25, 0.3) is 0 Å². The van der Waals surface area contributed by atoms with Crippen molar-refractivity contribution in [2.45, 2.75) is 12.6 Å². The van der Waals surface area contributed by atoms with E-state index in [9.17, 15) is 13.2 Å². The molecule has 0 aliphatic heterocycles. The second kappa shape index (κ2) is 4.55. The molecule has 1 aromatic heterocycles. The van der Waals surface area contributed by atoms with Gasteiger partial charge < -0.3 is 0 Å². The fourth-order valence-corrected chi connectivity index (χ4v) is 0.818. The number of aromatic nitrogens is 2. The summed E-state index contributed by atoms with van der Waals surface area (Å²) in [5.74, 6) is -1.17. The number of hydrogen-bond donors (Lipinski definition) is 0. The Bertz CT molecular complexity index is 387. The Morgan fingerprint density at radius 3 is 2.40 bits per heavy atom. The molecule has 6 heteroatoms. The van der Waals surface area contributed by atoms with E-state index in [4.69, 9.17) is 5.26 Å². The normalized spacial score (nSPS) is 11.6. The third kappa shape index (κ3) is 3.38. The van der Waals surface area contributed by atoms with E-state index in [1.807, 2.05) is 6.07 Å². The zero-order chi connectivity index (χ0) is 11.3. The molecule has 1 aromatic rings. The third-order valence-corrected chi connectivity index (χ3v) is 1.44. The summed E-state index contributed by atoms with van der Waals surface area (Å²) in [5, 5.41) is 8.21. The molecule has 0 saturated heterocycles. The van der Waals surface area contributed by atoms with Gasteiger partial charge in [0.15, 0.2) is 0 Å². The molecular formula is C9H6F3N3. The van der Waals surface area contributed by atoms with Crippen LogP contribution in [-0.2, 0) is 6.18 Å². The number of rotatable bonds is 2. The maximum atomic E-state index is 12.0. The molecule has 78 valence electrons. The third-order valence-electron chi connectivity index (χ3n) is 1.44. The number of nitrogens with zero attached hydrogens (tertiary/aromatic N) is 3. The Morgan fingerprint density at radius 1 is 1.33 bits per heavy atom. The molecule has 0 saturated carbocycles. The Labute approximate surface area is 83.9 Å². The van der Waals surface area contributed by atoms with Gasteiger partial charge in [-0.15, -0.1) is 0 Å². The van der Waals surface area contributed by atoms with E-state index in [1.165, 1.54) is 12.2 Å². The van der Waals surface area contributed by atoms with Crippen LogP contribution in [0.25, 0.3) is 6.08 Å². The van der Waals surface area contributed by atoms with E-state index in [1.54, 1.807) is 0 Å². The lowest BCUT2D eigenvalue weighted by Crippen LogP contribution is -2.10. The van der Waals surface area contributed by atoms with Crippen molar-refractivity contribution in [2.24, 2.45) is 0 Å². The Morgan fingerprint density at radius 2 is 1.93 bits per heavy atom. The minimum Gasteiger partial charge on any atom is -0.232 e. The van der Waals surface area contributed by atoms with Crippen LogP contribution >= 0.6 is 0 Å². The van der Waals surface area contributed by atoms with Crippen molar-refractivity contribution in [1.82, 2.24) is 9.97 Å². The second-order valence-corrected chi connectivity index (χ2v) is 2.60. The van der Waals surface area contributed by atoms with Crippen molar-refractivity contribution in [3.63, 3.8) is 0 Å². The molecule has 0 aliphatic rings. The maximum Gasteiger partial charge on any atom is 0.451 e. The van der Waals surface area contributed by atoms with Crippen LogP contribution in [0.15, 0.2) is 18.5 Å². The number of allylic oxidation sites excluding steroid dienone is 1. The zero-order valence-electron chi connectivity index (χ0n) is 7.49. The first-order valence-electron chi connectivity index (χ1n) is 3.97. The topological polar surface area (TPSA) is 49.6 Å². The lowest BCUT2D eigenvalue weighted by atomic mass is 10.3. The predicted molar refractivity (Wildman–Crippen MR) is 46.3 cm³/mol. The highest BCUT2D eigenvalue weighted by Crippen LogP contribution is 2.25. The van der Waals surface area contributed by atoms with Crippen LogP contribution < -0.4 is 0 Å². The van der Waals surface area contributed by atoms with Gasteiger partial charge in [-0.3, -0.25) is 0 Å². The van der Waals surface area contributed by atoms with Crippen molar-refractivity contribution in [2.75, 3.05) is 0 Å². The van der Waals surface area contributed by atoms with Crippen molar-refractivity contribution in [1.29, 1.82) is 5.26 Å². The minimum absolute atomic E-state index is 0.195. The summed E-state index contributed by atoms with van der Waals surface area (Å²) in [6, 6.07) is 1.87. The van der Waals surface area contributed by atoms with Gasteiger partial charge in [0.1, 0.15) is 0 Å². The zero-order valence-corrected chi connectivity index (χ0v) is 7.49. The second-order valence-electron chi connectivity index (χ2n) is 2.60. The highest BCUT2D eigenvalue weighted by Gasteiger charge is 2.34. The molecule has 1 heterocycles. The average Bonchev–Trinajstić information content (AvgIpc) is 2.18. The van der Waals surface area contributed by atoms with Crippen LogP contribution in [0.4, 0.5) is 13.2 Å². The molecule has 0 bridgehead atoms. The summed E-state index contributed by atoms with van der Waals surface area (Å²) in [6.07, 6.45) is 0.804. The smallest absolute Gasteiger partial charge is 0.232 e. The number of halogens is 3. The van der Waals surface area contributed by atoms with Gasteiger partial charge in [-0.2, -0.15) is 18.4 Å². The largest absolute Gasteiger partial charge is 0.451 e. The highest BCUT2D eigenvalue weighted by molar-refractivity contribution is 5.46. The summed E-state index contributed by atoms with van der Waals surface area (Å²) in [5.41, 5.74) is 0.429. The fourth-order valence-electron chi connectivity index (χ4n) is 0.818. The first-order chi connectivity index (χ1) is 7.04. The monoisotopic (exact) mass is 213 g/mol. The predicted octanol–water partition coefficient (Wildman–Crippen LogP) is 2.42. The van der Waals surface area contributed by atoms with E-state index in [2.05, 4.69) is 9.97 Å². The van der Waals surface area contributed by atoms with Gasteiger partial charge >= 0.3 is 6.18 Å². The lowest BCUT2D eigenvalue weighted by molar-refractivity contribution is -0.145. The number of alkyl halides is 3. The molecule has 0 unspecified atom stereocenters. The van der Waals surface area contributed by atoms with Crippen LogP contribution in [0, 0.1) is 11.3 Å². The van der Waals surface area contributed by atoms with Crippen molar-refractivity contribution >= 4 is 6.08 Å². The SMILES string of the molecule is N#CCC=Cc1cnc(C(F)(F)F)nc1. The van der Waals surface area contributed by atoms with Gasteiger partial charge in [0.05, 0.1) is 12.5 Å². The summed E-state index contributed by atoms with van der Waals surface area (Å²) < 4.78 is 36.1. The number of hydrogen-bond acceptors (Lipinski definition) is 3. The molecule has 0 aromatic carbocycles. The van der Waals surface area contributed by atoms with Crippen molar-refractivity contribution < 1.29 is 13.2 Å². The van der Waals surface area contributed by atoms with Gasteiger partial charge in [-0.05, 0) is 0 Å².